The largest absolute Gasteiger partial charge is 0.397 e. The second-order valence-electron chi connectivity index (χ2n) is 8.40. The number of hydrogen-bond acceptors (Lipinski definition) is 2. The van der Waals surface area contributed by atoms with Gasteiger partial charge in [-0.3, -0.25) is 4.68 Å². The zero-order valence-corrected chi connectivity index (χ0v) is 18.5. The smallest absolute Gasteiger partial charge is 0.265 e. The number of nitrogens with zero attached hydrogens (tertiary/aromatic N) is 3. The van der Waals surface area contributed by atoms with E-state index in [9.17, 15) is 17.6 Å². The first-order chi connectivity index (χ1) is 14.4. The Morgan fingerprint density at radius 2 is 1.97 bits per heavy atom. The van der Waals surface area contributed by atoms with Gasteiger partial charge < -0.3 is 0 Å². The van der Waals surface area contributed by atoms with Crippen molar-refractivity contribution in [3.63, 3.8) is 0 Å². The Bertz CT molecular complexity index is 1040. The summed E-state index contributed by atoms with van der Waals surface area (Å²) in [5.41, 5.74) is 0.825. The lowest BCUT2D eigenvalue weighted by atomic mass is 9.73. The SMILES string of the molecule is Cc1cc(C(F)=CC2=CC=C(C(C)(C)C(F)(F)F)C(C)C2)nn1Cc1ccc(Cl)nc1. The predicted molar refractivity (Wildman–Crippen MR) is 114 cm³/mol. The summed E-state index contributed by atoms with van der Waals surface area (Å²) in [5.74, 6) is -0.876. The van der Waals surface area contributed by atoms with Crippen molar-refractivity contribution < 1.29 is 17.6 Å². The van der Waals surface area contributed by atoms with Gasteiger partial charge in [0.15, 0.2) is 5.83 Å². The minimum Gasteiger partial charge on any atom is -0.265 e. The van der Waals surface area contributed by atoms with Crippen molar-refractivity contribution in [3.8, 4) is 0 Å². The summed E-state index contributed by atoms with van der Waals surface area (Å²) in [5, 5.41) is 4.71. The summed E-state index contributed by atoms with van der Waals surface area (Å²) in [7, 11) is 0. The molecule has 0 N–H and O–H groups in total. The number of allylic oxidation sites excluding steroid dienone is 5. The van der Waals surface area contributed by atoms with Crippen LogP contribution in [0, 0.1) is 18.3 Å². The summed E-state index contributed by atoms with van der Waals surface area (Å²) < 4.78 is 56.7. The molecule has 0 saturated heterocycles. The second kappa shape index (κ2) is 8.61. The summed E-state index contributed by atoms with van der Waals surface area (Å²) >= 11 is 5.79. The lowest BCUT2D eigenvalue weighted by molar-refractivity contribution is -0.199. The highest BCUT2D eigenvalue weighted by molar-refractivity contribution is 6.29. The van der Waals surface area contributed by atoms with Crippen LogP contribution in [-0.2, 0) is 6.54 Å². The Kier molecular flexibility index (Phi) is 6.46. The van der Waals surface area contributed by atoms with E-state index >= 15 is 0 Å². The highest BCUT2D eigenvalue weighted by Crippen LogP contribution is 2.48. The molecule has 31 heavy (non-hydrogen) atoms. The quantitative estimate of drug-likeness (QED) is 0.357. The molecule has 2 heterocycles. The van der Waals surface area contributed by atoms with Crippen LogP contribution >= 0.6 is 11.6 Å². The maximum atomic E-state index is 14.9. The third-order valence-corrected chi connectivity index (χ3v) is 5.86. The minimum atomic E-state index is -4.34. The van der Waals surface area contributed by atoms with Crippen molar-refractivity contribution in [1.82, 2.24) is 14.8 Å². The molecule has 166 valence electrons. The summed E-state index contributed by atoms with van der Waals surface area (Å²) in [6, 6.07) is 5.13. The summed E-state index contributed by atoms with van der Waals surface area (Å²) in [6.07, 6.45) is 2.00. The number of pyridine rings is 1. The van der Waals surface area contributed by atoms with Crippen molar-refractivity contribution in [2.45, 2.75) is 46.8 Å². The number of hydrogen-bond donors (Lipinski definition) is 0. The number of alkyl halides is 3. The highest BCUT2D eigenvalue weighted by Gasteiger charge is 2.50. The Labute approximate surface area is 184 Å². The Hall–Kier alpha value is -2.41. The molecular formula is C23H24ClF4N3. The molecule has 1 aliphatic carbocycles. The van der Waals surface area contributed by atoms with E-state index in [0.29, 0.717) is 29.3 Å². The fourth-order valence-electron chi connectivity index (χ4n) is 3.68. The van der Waals surface area contributed by atoms with Crippen molar-refractivity contribution in [3.05, 3.63) is 75.9 Å². The molecule has 0 amide bonds. The van der Waals surface area contributed by atoms with Crippen LogP contribution in [0.3, 0.4) is 0 Å². The molecule has 3 rings (SSSR count). The van der Waals surface area contributed by atoms with Gasteiger partial charge in [-0.2, -0.15) is 18.3 Å². The predicted octanol–water partition coefficient (Wildman–Crippen LogP) is 7.08. The molecular weight excluding hydrogens is 430 g/mol. The van der Waals surface area contributed by atoms with Gasteiger partial charge in [-0.15, -0.1) is 0 Å². The molecule has 1 aliphatic rings. The fourth-order valence-corrected chi connectivity index (χ4v) is 3.80. The lowest BCUT2D eigenvalue weighted by Crippen LogP contribution is -2.36. The zero-order chi connectivity index (χ0) is 23.0. The standard InChI is InChI=1S/C23H24ClF4N3/c1-14-9-16(5-7-18(14)22(3,4)23(26,27)28)11-19(25)20-10-15(2)31(30-20)13-17-6-8-21(24)29-12-17/h5-8,10-12,14H,9,13H2,1-4H3. The fraction of sp³-hybridized carbons (Fsp3) is 0.391. The third kappa shape index (κ3) is 5.09. The van der Waals surface area contributed by atoms with Crippen LogP contribution in [-0.4, -0.2) is 20.9 Å². The van der Waals surface area contributed by atoms with E-state index in [4.69, 9.17) is 11.6 Å². The summed E-state index contributed by atoms with van der Waals surface area (Å²) in [4.78, 5) is 4.03. The molecule has 1 unspecified atom stereocenters. The van der Waals surface area contributed by atoms with E-state index in [1.165, 1.54) is 26.0 Å². The monoisotopic (exact) mass is 453 g/mol. The van der Waals surface area contributed by atoms with Crippen LogP contribution in [0.2, 0.25) is 5.15 Å². The van der Waals surface area contributed by atoms with Crippen LogP contribution in [0.4, 0.5) is 17.6 Å². The molecule has 0 radical (unpaired) electrons. The third-order valence-electron chi connectivity index (χ3n) is 5.64. The molecule has 0 bridgehead atoms. The van der Waals surface area contributed by atoms with E-state index in [2.05, 4.69) is 10.1 Å². The molecule has 8 heteroatoms. The second-order valence-corrected chi connectivity index (χ2v) is 8.79. The Morgan fingerprint density at radius 3 is 2.55 bits per heavy atom. The van der Waals surface area contributed by atoms with Gasteiger partial charge in [0.1, 0.15) is 10.8 Å². The normalized spacial score (nSPS) is 18.1. The van der Waals surface area contributed by atoms with Gasteiger partial charge >= 0.3 is 6.18 Å². The van der Waals surface area contributed by atoms with Crippen LogP contribution in [0.5, 0.6) is 0 Å². The first-order valence-electron chi connectivity index (χ1n) is 9.89. The molecule has 2 aromatic heterocycles. The molecule has 0 spiro atoms. The molecule has 0 fully saturated rings. The van der Waals surface area contributed by atoms with Gasteiger partial charge in [0, 0.05) is 11.9 Å². The van der Waals surface area contributed by atoms with E-state index < -0.39 is 17.4 Å². The van der Waals surface area contributed by atoms with Gasteiger partial charge in [-0.1, -0.05) is 42.3 Å². The van der Waals surface area contributed by atoms with E-state index in [1.54, 1.807) is 36.0 Å². The van der Waals surface area contributed by atoms with E-state index in [-0.39, 0.29) is 11.6 Å². The van der Waals surface area contributed by atoms with Crippen LogP contribution < -0.4 is 0 Å². The lowest BCUT2D eigenvalue weighted by Gasteiger charge is -2.35. The van der Waals surface area contributed by atoms with Crippen molar-refractivity contribution in [1.29, 1.82) is 0 Å². The van der Waals surface area contributed by atoms with Crippen LogP contribution in [0.15, 0.2) is 53.8 Å². The van der Waals surface area contributed by atoms with E-state index in [1.807, 2.05) is 13.0 Å². The molecule has 0 aromatic carbocycles. The average molecular weight is 454 g/mol. The van der Waals surface area contributed by atoms with Crippen LogP contribution in [0.25, 0.3) is 5.83 Å². The Morgan fingerprint density at radius 1 is 1.26 bits per heavy atom. The highest BCUT2D eigenvalue weighted by atomic mass is 35.5. The number of rotatable bonds is 5. The maximum absolute atomic E-state index is 14.9. The van der Waals surface area contributed by atoms with E-state index in [0.717, 1.165) is 11.3 Å². The average Bonchev–Trinajstić information content (AvgIpc) is 3.03. The maximum Gasteiger partial charge on any atom is 0.397 e. The van der Waals surface area contributed by atoms with Crippen LogP contribution in [0.1, 0.15) is 44.1 Å². The van der Waals surface area contributed by atoms with Gasteiger partial charge in [0.2, 0.25) is 0 Å². The minimum absolute atomic E-state index is 0.179. The zero-order valence-electron chi connectivity index (χ0n) is 17.8. The molecule has 0 aliphatic heterocycles. The first kappa shape index (κ1) is 23.3. The summed E-state index contributed by atoms with van der Waals surface area (Å²) in [6.45, 7) is 6.33. The first-order valence-corrected chi connectivity index (χ1v) is 10.3. The number of aryl methyl sites for hydroxylation is 1. The molecule has 2 aromatic rings. The molecule has 0 saturated carbocycles. The van der Waals surface area contributed by atoms with Gasteiger partial charge in [0.25, 0.3) is 0 Å². The Balaban J connectivity index is 1.81. The topological polar surface area (TPSA) is 30.7 Å². The van der Waals surface area contributed by atoms with Gasteiger partial charge in [-0.05, 0) is 62.5 Å². The number of halogens is 5. The van der Waals surface area contributed by atoms with Crippen molar-refractivity contribution in [2.75, 3.05) is 0 Å². The molecule has 1 atom stereocenters. The molecule has 3 nitrogen and oxygen atoms in total. The van der Waals surface area contributed by atoms with Crippen molar-refractivity contribution >= 4 is 17.4 Å². The van der Waals surface area contributed by atoms with Gasteiger partial charge in [-0.25, -0.2) is 9.37 Å². The van der Waals surface area contributed by atoms with Gasteiger partial charge in [0.05, 0.1) is 12.0 Å². The number of aromatic nitrogens is 3. The van der Waals surface area contributed by atoms with Crippen molar-refractivity contribution in [2.24, 2.45) is 11.3 Å².